The summed E-state index contributed by atoms with van der Waals surface area (Å²) in [5.74, 6) is -2.98. The van der Waals surface area contributed by atoms with E-state index in [0.29, 0.717) is 6.42 Å². The highest BCUT2D eigenvalue weighted by Gasteiger charge is 2.25. The Labute approximate surface area is 86.2 Å². The number of nitrogens with two attached hydrogens (primary N) is 1. The lowest BCUT2D eigenvalue weighted by Gasteiger charge is -2.22. The smallest absolute Gasteiger partial charge is 0.342 e. The molecule has 1 aliphatic carbocycles. The van der Waals surface area contributed by atoms with E-state index in [1.54, 1.807) is 24.3 Å². The van der Waals surface area contributed by atoms with Gasteiger partial charge in [-0.05, 0) is 12.5 Å². The zero-order valence-corrected chi connectivity index (χ0v) is 7.88. The van der Waals surface area contributed by atoms with E-state index in [1.165, 1.54) is 0 Å². The van der Waals surface area contributed by atoms with Gasteiger partial charge in [-0.3, -0.25) is 0 Å². The van der Waals surface area contributed by atoms with Crippen molar-refractivity contribution in [3.63, 3.8) is 0 Å². The van der Waals surface area contributed by atoms with E-state index in [9.17, 15) is 9.59 Å². The van der Waals surface area contributed by atoms with Gasteiger partial charge in [0.15, 0.2) is 0 Å². The lowest BCUT2D eigenvalue weighted by molar-refractivity contribution is -0.140. The van der Waals surface area contributed by atoms with Crippen molar-refractivity contribution in [1.29, 1.82) is 0 Å². The Morgan fingerprint density at radius 3 is 2.27 bits per heavy atom. The maximum atomic E-state index is 10.6. The second-order valence-corrected chi connectivity index (χ2v) is 3.27. The number of hydrogen-bond donors (Lipinski definition) is 3. The molecular weight excluding hydrogens is 198 g/mol. The molecule has 0 amide bonds. The van der Waals surface area contributed by atoms with Gasteiger partial charge in [0, 0.05) is 0 Å². The maximum Gasteiger partial charge on any atom is 0.342 e. The molecule has 0 aromatic carbocycles. The lowest BCUT2D eigenvalue weighted by atomic mass is 9.90. The van der Waals surface area contributed by atoms with Gasteiger partial charge in [-0.15, -0.1) is 0 Å². The summed E-state index contributed by atoms with van der Waals surface area (Å²) < 4.78 is 0. The third kappa shape index (κ3) is 2.78. The molecule has 5 nitrogen and oxygen atoms in total. The Morgan fingerprint density at radius 2 is 1.87 bits per heavy atom. The molecule has 0 spiro atoms. The SMILES string of the molecule is NC1(C=C(C(=O)O)C(=O)O)C=CC=CC1. The normalized spacial score (nSPS) is 23.5. The topological polar surface area (TPSA) is 101 Å². The minimum Gasteiger partial charge on any atom is -0.477 e. The van der Waals surface area contributed by atoms with Crippen LogP contribution in [0.4, 0.5) is 0 Å². The van der Waals surface area contributed by atoms with E-state index in [4.69, 9.17) is 15.9 Å². The molecule has 15 heavy (non-hydrogen) atoms. The van der Waals surface area contributed by atoms with Gasteiger partial charge in [0.1, 0.15) is 5.57 Å². The maximum absolute atomic E-state index is 10.6. The van der Waals surface area contributed by atoms with Crippen molar-refractivity contribution in [3.8, 4) is 0 Å². The first-order chi connectivity index (χ1) is 6.94. The van der Waals surface area contributed by atoms with E-state index < -0.39 is 23.1 Å². The van der Waals surface area contributed by atoms with Crippen LogP contribution >= 0.6 is 0 Å². The highest BCUT2D eigenvalue weighted by Crippen LogP contribution is 2.18. The summed E-state index contributed by atoms with van der Waals surface area (Å²) in [5, 5.41) is 17.3. The summed E-state index contributed by atoms with van der Waals surface area (Å²) in [4.78, 5) is 21.2. The molecule has 1 aliphatic rings. The van der Waals surface area contributed by atoms with E-state index in [1.807, 2.05) is 0 Å². The number of carbonyl (C=O) groups is 2. The summed E-state index contributed by atoms with van der Waals surface area (Å²) >= 11 is 0. The average Bonchev–Trinajstić information content (AvgIpc) is 2.14. The van der Waals surface area contributed by atoms with Crippen LogP contribution in [0.2, 0.25) is 0 Å². The molecule has 4 N–H and O–H groups in total. The first kappa shape index (κ1) is 11.2. The number of allylic oxidation sites excluding steroid dienone is 2. The number of rotatable bonds is 3. The average molecular weight is 209 g/mol. The molecule has 0 radical (unpaired) electrons. The third-order valence-electron chi connectivity index (χ3n) is 2.00. The standard InChI is InChI=1S/C10H11NO4/c11-10(4-2-1-3-5-10)6-7(8(12)13)9(14)15/h1-4,6H,5,11H2,(H,12,13)(H,14,15). The van der Waals surface area contributed by atoms with Crippen LogP contribution in [0.3, 0.4) is 0 Å². The summed E-state index contributed by atoms with van der Waals surface area (Å²) in [6.45, 7) is 0. The van der Waals surface area contributed by atoms with Crippen LogP contribution in [-0.2, 0) is 9.59 Å². The molecule has 0 heterocycles. The first-order valence-corrected chi connectivity index (χ1v) is 4.27. The second-order valence-electron chi connectivity index (χ2n) is 3.27. The highest BCUT2D eigenvalue weighted by atomic mass is 16.4. The fraction of sp³-hybridized carbons (Fsp3) is 0.200. The Balaban J connectivity index is 3.02. The zero-order chi connectivity index (χ0) is 11.5. The third-order valence-corrected chi connectivity index (χ3v) is 2.00. The van der Waals surface area contributed by atoms with Gasteiger partial charge in [0.2, 0.25) is 0 Å². The molecule has 1 atom stereocenters. The Kier molecular flexibility index (Phi) is 3.06. The van der Waals surface area contributed by atoms with E-state index >= 15 is 0 Å². The minimum atomic E-state index is -1.49. The Morgan fingerprint density at radius 1 is 1.27 bits per heavy atom. The number of hydrogen-bond acceptors (Lipinski definition) is 3. The van der Waals surface area contributed by atoms with Crippen molar-refractivity contribution >= 4 is 11.9 Å². The minimum absolute atomic E-state index is 0.382. The van der Waals surface area contributed by atoms with Gasteiger partial charge in [-0.1, -0.05) is 24.3 Å². The Bertz CT molecular complexity index is 365. The van der Waals surface area contributed by atoms with Crippen LogP contribution in [-0.4, -0.2) is 27.7 Å². The van der Waals surface area contributed by atoms with Gasteiger partial charge in [-0.2, -0.15) is 0 Å². The van der Waals surface area contributed by atoms with Gasteiger partial charge >= 0.3 is 11.9 Å². The van der Waals surface area contributed by atoms with Crippen molar-refractivity contribution in [3.05, 3.63) is 36.0 Å². The summed E-state index contributed by atoms with van der Waals surface area (Å²) in [6, 6.07) is 0. The van der Waals surface area contributed by atoms with E-state index in [0.717, 1.165) is 6.08 Å². The van der Waals surface area contributed by atoms with Gasteiger partial charge in [0.05, 0.1) is 5.54 Å². The predicted octanol–water partition coefficient (Wildman–Crippen LogP) is 0.296. The molecular formula is C10H11NO4. The number of carboxylic acids is 2. The lowest BCUT2D eigenvalue weighted by Crippen LogP contribution is -2.37. The van der Waals surface area contributed by atoms with Crippen molar-refractivity contribution in [1.82, 2.24) is 0 Å². The van der Waals surface area contributed by atoms with Crippen LogP contribution in [0.5, 0.6) is 0 Å². The molecule has 5 heteroatoms. The van der Waals surface area contributed by atoms with Crippen molar-refractivity contribution in [2.24, 2.45) is 5.73 Å². The fourth-order valence-electron chi connectivity index (χ4n) is 1.24. The van der Waals surface area contributed by atoms with Gasteiger partial charge in [0.25, 0.3) is 0 Å². The monoisotopic (exact) mass is 209 g/mol. The summed E-state index contributed by atoms with van der Waals surface area (Å²) in [7, 11) is 0. The second kappa shape index (κ2) is 4.10. The molecule has 80 valence electrons. The largest absolute Gasteiger partial charge is 0.477 e. The molecule has 0 aromatic rings. The molecule has 1 rings (SSSR count). The van der Waals surface area contributed by atoms with Crippen LogP contribution in [0.15, 0.2) is 36.0 Å². The fourth-order valence-corrected chi connectivity index (χ4v) is 1.24. The molecule has 0 bridgehead atoms. The molecule has 0 aromatic heterocycles. The summed E-state index contributed by atoms with van der Waals surface area (Å²) in [6.07, 6.45) is 8.17. The quantitative estimate of drug-likeness (QED) is 0.352. The Hall–Kier alpha value is -1.88. The first-order valence-electron chi connectivity index (χ1n) is 4.27. The van der Waals surface area contributed by atoms with Crippen molar-refractivity contribution in [2.45, 2.75) is 12.0 Å². The molecule has 0 aliphatic heterocycles. The molecule has 1 unspecified atom stereocenters. The molecule has 0 fully saturated rings. The van der Waals surface area contributed by atoms with Crippen LogP contribution in [0.1, 0.15) is 6.42 Å². The van der Waals surface area contributed by atoms with Crippen LogP contribution < -0.4 is 5.73 Å². The highest BCUT2D eigenvalue weighted by molar-refractivity contribution is 6.12. The number of aliphatic carboxylic acids is 2. The predicted molar refractivity (Wildman–Crippen MR) is 53.2 cm³/mol. The van der Waals surface area contributed by atoms with Crippen molar-refractivity contribution < 1.29 is 19.8 Å². The molecule has 0 saturated heterocycles. The van der Waals surface area contributed by atoms with Gasteiger partial charge < -0.3 is 15.9 Å². The molecule has 0 saturated carbocycles. The van der Waals surface area contributed by atoms with E-state index in [-0.39, 0.29) is 0 Å². The van der Waals surface area contributed by atoms with Crippen LogP contribution in [0.25, 0.3) is 0 Å². The zero-order valence-electron chi connectivity index (χ0n) is 7.88. The number of carboxylic acid groups (broad SMARTS) is 2. The van der Waals surface area contributed by atoms with E-state index in [2.05, 4.69) is 0 Å². The van der Waals surface area contributed by atoms with Crippen LogP contribution in [0, 0.1) is 0 Å². The summed E-state index contributed by atoms with van der Waals surface area (Å²) in [5.41, 5.74) is 4.06. The van der Waals surface area contributed by atoms with Crippen molar-refractivity contribution in [2.75, 3.05) is 0 Å². The van der Waals surface area contributed by atoms with Gasteiger partial charge in [-0.25, -0.2) is 9.59 Å².